The second-order valence-electron chi connectivity index (χ2n) is 6.33. The van der Waals surface area contributed by atoms with Crippen molar-refractivity contribution in [1.29, 1.82) is 0 Å². The molecular formula is C21H26N2O5. The summed E-state index contributed by atoms with van der Waals surface area (Å²) < 4.78 is 10.8. The lowest BCUT2D eigenvalue weighted by atomic mass is 10.1. The Bertz CT molecular complexity index is 805. The third kappa shape index (κ3) is 5.64. The Morgan fingerprint density at radius 2 is 1.79 bits per heavy atom. The Morgan fingerprint density at radius 1 is 1.07 bits per heavy atom. The van der Waals surface area contributed by atoms with Crippen molar-refractivity contribution >= 4 is 23.3 Å². The van der Waals surface area contributed by atoms with Crippen LogP contribution in [0.1, 0.15) is 36.0 Å². The van der Waals surface area contributed by atoms with Crippen LogP contribution in [0.25, 0.3) is 0 Å². The molecule has 0 heterocycles. The van der Waals surface area contributed by atoms with Crippen LogP contribution < -0.4 is 20.1 Å². The molecule has 0 aliphatic carbocycles. The van der Waals surface area contributed by atoms with Crippen LogP contribution in [0.2, 0.25) is 0 Å². The number of carbonyl (C=O) groups excluding carboxylic acids is 1. The smallest absolute Gasteiger partial charge is 0.303 e. The molecule has 0 atom stereocenters. The van der Waals surface area contributed by atoms with Crippen molar-refractivity contribution in [2.24, 2.45) is 0 Å². The fourth-order valence-corrected chi connectivity index (χ4v) is 2.72. The zero-order valence-electron chi connectivity index (χ0n) is 16.2. The normalized spacial score (nSPS) is 10.4. The second kappa shape index (κ2) is 10.2. The second-order valence-corrected chi connectivity index (χ2v) is 6.33. The number of nitrogens with zero attached hydrogens (tertiary/aromatic N) is 1. The average Bonchev–Trinajstić information content (AvgIpc) is 2.70. The van der Waals surface area contributed by atoms with Gasteiger partial charge in [-0.3, -0.25) is 9.59 Å². The number of rotatable bonds is 10. The third-order valence-corrected chi connectivity index (χ3v) is 4.35. The summed E-state index contributed by atoms with van der Waals surface area (Å²) in [6, 6.07) is 12.3. The number of ether oxygens (including phenoxy) is 2. The number of nitrogen functional groups attached to an aromatic ring is 1. The van der Waals surface area contributed by atoms with E-state index in [0.717, 1.165) is 12.8 Å². The molecule has 2 aromatic carbocycles. The molecule has 0 saturated carbocycles. The fraction of sp³-hybridized carbons (Fsp3) is 0.333. The van der Waals surface area contributed by atoms with Crippen LogP contribution in [0, 0.1) is 0 Å². The van der Waals surface area contributed by atoms with Gasteiger partial charge in [-0.2, -0.15) is 0 Å². The number of para-hydroxylation sites is 1. The van der Waals surface area contributed by atoms with Crippen molar-refractivity contribution in [3.8, 4) is 11.5 Å². The van der Waals surface area contributed by atoms with E-state index >= 15 is 0 Å². The minimum absolute atomic E-state index is 0.187. The lowest BCUT2D eigenvalue weighted by molar-refractivity contribution is -0.137. The summed E-state index contributed by atoms with van der Waals surface area (Å²) in [6.45, 7) is 0.522. The van der Waals surface area contributed by atoms with Crippen molar-refractivity contribution in [2.75, 3.05) is 31.4 Å². The summed E-state index contributed by atoms with van der Waals surface area (Å²) in [5.41, 5.74) is 7.41. The van der Waals surface area contributed by atoms with E-state index in [1.165, 1.54) is 12.0 Å². The Morgan fingerprint density at radius 3 is 2.43 bits per heavy atom. The summed E-state index contributed by atoms with van der Waals surface area (Å²) in [7, 11) is 3.19. The first-order valence-electron chi connectivity index (χ1n) is 9.09. The van der Waals surface area contributed by atoms with Gasteiger partial charge < -0.3 is 25.2 Å². The van der Waals surface area contributed by atoms with E-state index in [1.54, 1.807) is 49.5 Å². The minimum atomic E-state index is -0.772. The van der Waals surface area contributed by atoms with E-state index in [2.05, 4.69) is 0 Å². The Labute approximate surface area is 164 Å². The van der Waals surface area contributed by atoms with Gasteiger partial charge in [-0.15, -0.1) is 0 Å². The average molecular weight is 386 g/mol. The topological polar surface area (TPSA) is 102 Å². The van der Waals surface area contributed by atoms with Crippen molar-refractivity contribution in [3.05, 3.63) is 48.0 Å². The summed E-state index contributed by atoms with van der Waals surface area (Å²) in [6.07, 6.45) is 2.44. The number of carbonyl (C=O) groups is 2. The van der Waals surface area contributed by atoms with Crippen LogP contribution >= 0.6 is 0 Å². The number of benzene rings is 2. The number of methoxy groups -OCH3 is 1. The maximum atomic E-state index is 12.8. The van der Waals surface area contributed by atoms with Gasteiger partial charge in [0.2, 0.25) is 0 Å². The number of amides is 1. The molecule has 0 aromatic heterocycles. The summed E-state index contributed by atoms with van der Waals surface area (Å²) in [5.74, 6) is 0.157. The van der Waals surface area contributed by atoms with Crippen LogP contribution in [0.4, 0.5) is 11.4 Å². The van der Waals surface area contributed by atoms with Crippen molar-refractivity contribution in [1.82, 2.24) is 0 Å². The predicted octanol–water partition coefficient (Wildman–Crippen LogP) is 3.58. The van der Waals surface area contributed by atoms with Crippen molar-refractivity contribution in [2.45, 2.75) is 25.7 Å². The predicted molar refractivity (Wildman–Crippen MR) is 108 cm³/mol. The molecule has 0 spiro atoms. The zero-order chi connectivity index (χ0) is 20.5. The Balaban J connectivity index is 1.92. The number of unbranched alkanes of at least 4 members (excludes halogenated alkanes) is 2. The van der Waals surface area contributed by atoms with E-state index in [1.807, 2.05) is 0 Å². The largest absolute Gasteiger partial charge is 0.495 e. The van der Waals surface area contributed by atoms with Gasteiger partial charge in [-0.25, -0.2) is 0 Å². The monoisotopic (exact) mass is 386 g/mol. The number of carboxylic acids is 1. The molecule has 7 nitrogen and oxygen atoms in total. The van der Waals surface area contributed by atoms with Crippen LogP contribution in [0.5, 0.6) is 11.5 Å². The molecule has 7 heteroatoms. The highest BCUT2D eigenvalue weighted by atomic mass is 16.5. The van der Waals surface area contributed by atoms with Gasteiger partial charge in [0.1, 0.15) is 11.5 Å². The molecule has 2 aromatic rings. The molecule has 150 valence electrons. The molecule has 0 unspecified atom stereocenters. The zero-order valence-corrected chi connectivity index (χ0v) is 16.2. The number of aliphatic carboxylic acids is 1. The number of hydrogen-bond acceptors (Lipinski definition) is 5. The maximum absolute atomic E-state index is 12.8. The van der Waals surface area contributed by atoms with Crippen LogP contribution in [0.15, 0.2) is 42.5 Å². The van der Waals surface area contributed by atoms with Gasteiger partial charge in [0.25, 0.3) is 5.91 Å². The molecule has 0 aliphatic heterocycles. The van der Waals surface area contributed by atoms with E-state index in [9.17, 15) is 9.59 Å². The lowest BCUT2D eigenvalue weighted by Gasteiger charge is -2.19. The van der Waals surface area contributed by atoms with E-state index in [0.29, 0.717) is 41.5 Å². The first-order valence-corrected chi connectivity index (χ1v) is 9.09. The molecule has 1 amide bonds. The molecule has 0 radical (unpaired) electrons. The highest BCUT2D eigenvalue weighted by Gasteiger charge is 2.18. The summed E-state index contributed by atoms with van der Waals surface area (Å²) in [4.78, 5) is 24.7. The number of nitrogens with two attached hydrogens (primary N) is 1. The molecule has 0 aliphatic rings. The molecule has 28 heavy (non-hydrogen) atoms. The molecule has 0 bridgehead atoms. The maximum Gasteiger partial charge on any atom is 0.303 e. The van der Waals surface area contributed by atoms with E-state index in [4.69, 9.17) is 20.3 Å². The van der Waals surface area contributed by atoms with Gasteiger partial charge in [0.15, 0.2) is 0 Å². The highest BCUT2D eigenvalue weighted by Crippen LogP contribution is 2.27. The van der Waals surface area contributed by atoms with Gasteiger partial charge in [-0.1, -0.05) is 6.07 Å². The standard InChI is InChI=1S/C21H26N2O5/c1-23(21(26)17-7-6-8-18(27-2)20(17)22)15-10-12-16(13-11-15)28-14-5-3-4-9-19(24)25/h6-8,10-13H,3-5,9,14,22H2,1-2H3,(H,24,25). The lowest BCUT2D eigenvalue weighted by Crippen LogP contribution is -2.27. The van der Waals surface area contributed by atoms with E-state index < -0.39 is 5.97 Å². The van der Waals surface area contributed by atoms with Crippen molar-refractivity contribution in [3.63, 3.8) is 0 Å². The number of hydrogen-bond donors (Lipinski definition) is 2. The van der Waals surface area contributed by atoms with Crippen LogP contribution in [0.3, 0.4) is 0 Å². The SMILES string of the molecule is COc1cccc(C(=O)N(C)c2ccc(OCCCCCC(=O)O)cc2)c1N. The van der Waals surface area contributed by atoms with Crippen LogP contribution in [-0.2, 0) is 4.79 Å². The van der Waals surface area contributed by atoms with Crippen LogP contribution in [-0.4, -0.2) is 37.7 Å². The van der Waals surface area contributed by atoms with E-state index in [-0.39, 0.29) is 12.3 Å². The minimum Gasteiger partial charge on any atom is -0.495 e. The quantitative estimate of drug-likeness (QED) is 0.478. The van der Waals surface area contributed by atoms with Gasteiger partial charge in [0, 0.05) is 19.2 Å². The summed E-state index contributed by atoms with van der Waals surface area (Å²) in [5, 5.41) is 8.60. The first kappa shape index (κ1) is 21.1. The molecule has 3 N–H and O–H groups in total. The van der Waals surface area contributed by atoms with Gasteiger partial charge in [-0.05, 0) is 55.7 Å². The summed E-state index contributed by atoms with van der Waals surface area (Å²) >= 11 is 0. The fourth-order valence-electron chi connectivity index (χ4n) is 2.72. The molecule has 2 rings (SSSR count). The van der Waals surface area contributed by atoms with Gasteiger partial charge >= 0.3 is 5.97 Å². The Hall–Kier alpha value is -3.22. The third-order valence-electron chi connectivity index (χ3n) is 4.35. The Kier molecular flexibility index (Phi) is 7.68. The van der Waals surface area contributed by atoms with Gasteiger partial charge in [0.05, 0.1) is 25.0 Å². The molecule has 0 fully saturated rings. The first-order chi connectivity index (χ1) is 13.4. The van der Waals surface area contributed by atoms with Crippen molar-refractivity contribution < 1.29 is 24.2 Å². The number of carboxylic acid groups (broad SMARTS) is 1. The number of anilines is 2. The highest BCUT2D eigenvalue weighted by molar-refractivity contribution is 6.09. The molecular weight excluding hydrogens is 360 g/mol. The molecule has 0 saturated heterocycles.